The molecule has 31 heavy (non-hydrogen) atoms. The second-order valence-electron chi connectivity index (χ2n) is 7.17. The number of fused-ring (bicyclic) bond motifs is 1. The molecule has 0 unspecified atom stereocenters. The van der Waals surface area contributed by atoms with E-state index in [2.05, 4.69) is 25.9 Å². The van der Waals surface area contributed by atoms with Crippen molar-refractivity contribution < 1.29 is 9.21 Å². The SMILES string of the molecule is CCCNC(=O)Nc1ccc(CCNc2ncnc3oc(-c4ccccc4)cc23)cc1. The fourth-order valence-electron chi connectivity index (χ4n) is 3.23. The average Bonchev–Trinajstić information content (AvgIpc) is 3.25. The first-order valence-corrected chi connectivity index (χ1v) is 10.4. The van der Waals surface area contributed by atoms with Crippen molar-refractivity contribution in [3.05, 3.63) is 72.6 Å². The van der Waals surface area contributed by atoms with E-state index in [0.717, 1.165) is 46.6 Å². The minimum absolute atomic E-state index is 0.181. The second-order valence-corrected chi connectivity index (χ2v) is 7.17. The van der Waals surface area contributed by atoms with Gasteiger partial charge in [-0.05, 0) is 36.6 Å². The fraction of sp³-hybridized carbons (Fsp3) is 0.208. The summed E-state index contributed by atoms with van der Waals surface area (Å²) in [6.45, 7) is 3.39. The van der Waals surface area contributed by atoms with Gasteiger partial charge in [0.1, 0.15) is 17.9 Å². The van der Waals surface area contributed by atoms with Crippen molar-refractivity contribution in [1.82, 2.24) is 15.3 Å². The highest BCUT2D eigenvalue weighted by Gasteiger charge is 2.11. The van der Waals surface area contributed by atoms with E-state index >= 15 is 0 Å². The number of carbonyl (C=O) groups is 1. The number of amides is 2. The molecule has 2 aromatic heterocycles. The van der Waals surface area contributed by atoms with Gasteiger partial charge in [-0.3, -0.25) is 0 Å². The molecule has 7 nitrogen and oxygen atoms in total. The Hall–Kier alpha value is -3.87. The van der Waals surface area contributed by atoms with Gasteiger partial charge in [0.15, 0.2) is 0 Å². The van der Waals surface area contributed by atoms with Crippen LogP contribution in [0.25, 0.3) is 22.4 Å². The molecule has 0 atom stereocenters. The third-order valence-electron chi connectivity index (χ3n) is 4.84. The number of anilines is 2. The van der Waals surface area contributed by atoms with Crippen molar-refractivity contribution in [2.75, 3.05) is 23.7 Å². The van der Waals surface area contributed by atoms with Crippen LogP contribution in [0.3, 0.4) is 0 Å². The van der Waals surface area contributed by atoms with Gasteiger partial charge in [0, 0.05) is 24.3 Å². The predicted octanol–water partition coefficient (Wildman–Crippen LogP) is 5.08. The van der Waals surface area contributed by atoms with Crippen LogP contribution in [-0.2, 0) is 6.42 Å². The monoisotopic (exact) mass is 415 g/mol. The molecule has 0 fully saturated rings. The lowest BCUT2D eigenvalue weighted by Gasteiger charge is -2.08. The summed E-state index contributed by atoms with van der Waals surface area (Å²) in [5.74, 6) is 1.52. The highest BCUT2D eigenvalue weighted by Crippen LogP contribution is 2.29. The van der Waals surface area contributed by atoms with Gasteiger partial charge in [0.25, 0.3) is 0 Å². The van der Waals surface area contributed by atoms with Crippen LogP contribution in [0.5, 0.6) is 0 Å². The number of carbonyl (C=O) groups excluding carboxylic acids is 1. The Kier molecular flexibility index (Phi) is 6.42. The number of rotatable bonds is 8. The molecule has 0 saturated heterocycles. The summed E-state index contributed by atoms with van der Waals surface area (Å²) in [4.78, 5) is 20.4. The molecular weight excluding hydrogens is 390 g/mol. The number of nitrogens with one attached hydrogen (secondary N) is 3. The Bertz CT molecular complexity index is 1140. The Labute approximate surface area is 180 Å². The molecule has 0 radical (unpaired) electrons. The summed E-state index contributed by atoms with van der Waals surface area (Å²) in [5, 5.41) is 9.86. The third kappa shape index (κ3) is 5.19. The summed E-state index contributed by atoms with van der Waals surface area (Å²) >= 11 is 0. The standard InChI is InChI=1S/C24H25N5O2/c1-2-13-26-24(30)29-19-10-8-17(9-11-19)12-14-25-22-20-15-21(18-6-4-3-5-7-18)31-23(20)28-16-27-22/h3-11,15-16H,2,12-14H2,1H3,(H,25,27,28)(H2,26,29,30). The Morgan fingerprint density at radius 1 is 1.00 bits per heavy atom. The number of benzene rings is 2. The van der Waals surface area contributed by atoms with Crippen molar-refractivity contribution in [3.63, 3.8) is 0 Å². The van der Waals surface area contributed by atoms with Gasteiger partial charge in [-0.2, -0.15) is 0 Å². The molecule has 2 aromatic carbocycles. The van der Waals surface area contributed by atoms with Gasteiger partial charge in [0.2, 0.25) is 5.71 Å². The first-order chi connectivity index (χ1) is 15.2. The average molecular weight is 415 g/mol. The minimum Gasteiger partial charge on any atom is -0.438 e. The Balaban J connectivity index is 1.36. The van der Waals surface area contributed by atoms with Crippen LogP contribution in [0.15, 0.2) is 71.4 Å². The third-order valence-corrected chi connectivity index (χ3v) is 4.84. The lowest BCUT2D eigenvalue weighted by molar-refractivity contribution is 0.252. The van der Waals surface area contributed by atoms with Crippen LogP contribution in [0.1, 0.15) is 18.9 Å². The van der Waals surface area contributed by atoms with Gasteiger partial charge in [0.05, 0.1) is 5.39 Å². The van der Waals surface area contributed by atoms with Crippen LogP contribution in [0.4, 0.5) is 16.3 Å². The van der Waals surface area contributed by atoms with E-state index in [1.165, 1.54) is 6.33 Å². The van der Waals surface area contributed by atoms with Crippen LogP contribution in [0, 0.1) is 0 Å². The molecule has 4 aromatic rings. The maximum atomic E-state index is 11.7. The molecule has 2 amide bonds. The Morgan fingerprint density at radius 3 is 2.58 bits per heavy atom. The Morgan fingerprint density at radius 2 is 1.81 bits per heavy atom. The predicted molar refractivity (Wildman–Crippen MR) is 123 cm³/mol. The number of furan rings is 1. The van der Waals surface area contributed by atoms with Gasteiger partial charge in [-0.1, -0.05) is 49.4 Å². The smallest absolute Gasteiger partial charge is 0.319 e. The lowest BCUT2D eigenvalue weighted by atomic mass is 10.1. The number of hydrogen-bond acceptors (Lipinski definition) is 5. The molecule has 7 heteroatoms. The maximum absolute atomic E-state index is 11.7. The normalized spacial score (nSPS) is 10.7. The molecular formula is C24H25N5O2. The van der Waals surface area contributed by atoms with E-state index in [1.807, 2.05) is 67.6 Å². The largest absolute Gasteiger partial charge is 0.438 e. The molecule has 0 saturated carbocycles. The molecule has 158 valence electrons. The molecule has 2 heterocycles. The summed E-state index contributed by atoms with van der Waals surface area (Å²) < 4.78 is 5.90. The first-order valence-electron chi connectivity index (χ1n) is 10.4. The van der Waals surface area contributed by atoms with E-state index < -0.39 is 0 Å². The van der Waals surface area contributed by atoms with E-state index in [-0.39, 0.29) is 6.03 Å². The lowest BCUT2D eigenvalue weighted by Crippen LogP contribution is -2.29. The molecule has 3 N–H and O–H groups in total. The van der Waals surface area contributed by atoms with Crippen molar-refractivity contribution in [1.29, 1.82) is 0 Å². The van der Waals surface area contributed by atoms with Crippen molar-refractivity contribution in [3.8, 4) is 11.3 Å². The van der Waals surface area contributed by atoms with Crippen molar-refractivity contribution in [2.45, 2.75) is 19.8 Å². The van der Waals surface area contributed by atoms with Gasteiger partial charge in [-0.25, -0.2) is 14.8 Å². The zero-order valence-electron chi connectivity index (χ0n) is 17.4. The van der Waals surface area contributed by atoms with Crippen LogP contribution in [-0.4, -0.2) is 29.1 Å². The topological polar surface area (TPSA) is 92.1 Å². The maximum Gasteiger partial charge on any atom is 0.319 e. The minimum atomic E-state index is -0.181. The van der Waals surface area contributed by atoms with Gasteiger partial charge < -0.3 is 20.4 Å². The summed E-state index contributed by atoms with van der Waals surface area (Å²) in [5.41, 5.74) is 3.50. The number of aromatic nitrogens is 2. The number of hydrogen-bond donors (Lipinski definition) is 3. The number of urea groups is 1. The van der Waals surface area contributed by atoms with E-state index in [9.17, 15) is 4.79 Å². The molecule has 0 bridgehead atoms. The van der Waals surface area contributed by atoms with E-state index in [1.54, 1.807) is 0 Å². The summed E-state index contributed by atoms with van der Waals surface area (Å²) in [6.07, 6.45) is 3.23. The fourth-order valence-corrected chi connectivity index (χ4v) is 3.23. The van der Waals surface area contributed by atoms with Crippen LogP contribution in [0.2, 0.25) is 0 Å². The van der Waals surface area contributed by atoms with Gasteiger partial charge >= 0.3 is 6.03 Å². The van der Waals surface area contributed by atoms with Crippen molar-refractivity contribution >= 4 is 28.6 Å². The number of nitrogens with zero attached hydrogens (tertiary/aromatic N) is 2. The highest BCUT2D eigenvalue weighted by atomic mass is 16.3. The summed E-state index contributed by atoms with van der Waals surface area (Å²) in [6, 6.07) is 19.6. The molecule has 0 aliphatic carbocycles. The van der Waals surface area contributed by atoms with E-state index in [4.69, 9.17) is 4.42 Å². The summed E-state index contributed by atoms with van der Waals surface area (Å²) in [7, 11) is 0. The zero-order valence-corrected chi connectivity index (χ0v) is 17.4. The van der Waals surface area contributed by atoms with Crippen LogP contribution >= 0.6 is 0 Å². The van der Waals surface area contributed by atoms with Gasteiger partial charge in [-0.15, -0.1) is 0 Å². The van der Waals surface area contributed by atoms with Crippen molar-refractivity contribution in [2.24, 2.45) is 0 Å². The van der Waals surface area contributed by atoms with E-state index in [0.29, 0.717) is 18.8 Å². The second kappa shape index (κ2) is 9.75. The molecule has 0 aliphatic heterocycles. The molecule has 4 rings (SSSR count). The van der Waals surface area contributed by atoms with Crippen LogP contribution < -0.4 is 16.0 Å². The molecule has 0 spiro atoms. The molecule has 0 aliphatic rings. The highest BCUT2D eigenvalue weighted by molar-refractivity contribution is 5.89. The quantitative estimate of drug-likeness (QED) is 0.373. The first kappa shape index (κ1) is 20.4. The zero-order chi connectivity index (χ0) is 21.5.